The molecule has 4 heteroatoms. The minimum absolute atomic E-state index is 0.0947. The van der Waals surface area contributed by atoms with Gasteiger partial charge in [0.2, 0.25) is 0 Å². The van der Waals surface area contributed by atoms with Crippen molar-refractivity contribution in [1.29, 1.82) is 0 Å². The molecule has 0 saturated heterocycles. The second-order valence-electron chi connectivity index (χ2n) is 7.06. The summed E-state index contributed by atoms with van der Waals surface area (Å²) in [5.41, 5.74) is 4.47. The van der Waals surface area contributed by atoms with E-state index in [1.807, 2.05) is 24.3 Å². The fraction of sp³-hybridized carbons (Fsp3) is 0.217. The lowest BCUT2D eigenvalue weighted by Crippen LogP contribution is -2.25. The van der Waals surface area contributed by atoms with E-state index in [1.54, 1.807) is 6.07 Å². The van der Waals surface area contributed by atoms with Crippen LogP contribution >= 0.6 is 0 Å². The molecule has 27 heavy (non-hydrogen) atoms. The summed E-state index contributed by atoms with van der Waals surface area (Å²) < 4.78 is 11.8. The highest BCUT2D eigenvalue weighted by atomic mass is 16.5. The van der Waals surface area contributed by atoms with Gasteiger partial charge < -0.3 is 19.9 Å². The van der Waals surface area contributed by atoms with Crippen molar-refractivity contribution in [2.45, 2.75) is 11.8 Å². The highest BCUT2D eigenvalue weighted by Gasteiger charge is 2.34. The van der Waals surface area contributed by atoms with Crippen molar-refractivity contribution in [2.24, 2.45) is 0 Å². The summed E-state index contributed by atoms with van der Waals surface area (Å²) in [7, 11) is 0. The number of hydrogen-bond donors (Lipinski definition) is 2. The van der Waals surface area contributed by atoms with Crippen LogP contribution in [0.4, 0.5) is 5.69 Å². The molecule has 0 saturated carbocycles. The van der Waals surface area contributed by atoms with E-state index in [1.165, 1.54) is 11.1 Å². The number of phenolic OH excluding ortho intramolecular Hbond substituents is 1. The molecule has 5 rings (SSSR count). The molecule has 0 bridgehead atoms. The predicted octanol–water partition coefficient (Wildman–Crippen LogP) is 4.50. The molecule has 2 aliphatic rings. The van der Waals surface area contributed by atoms with E-state index in [9.17, 15) is 5.11 Å². The number of rotatable bonds is 2. The topological polar surface area (TPSA) is 50.7 Å². The summed E-state index contributed by atoms with van der Waals surface area (Å²) in [4.78, 5) is 0. The van der Waals surface area contributed by atoms with Crippen molar-refractivity contribution < 1.29 is 14.6 Å². The standard InChI is InChI=1S/C23H21NO3/c25-17-7-9-21-18(13-17)23(19(14-27-21)15-4-2-1-3-5-15)16-6-8-22-20(12-16)24-10-11-26-22/h1-9,12-13,19,23-25H,10-11,14H2. The lowest BCUT2D eigenvalue weighted by molar-refractivity contribution is 0.248. The molecule has 4 nitrogen and oxygen atoms in total. The van der Waals surface area contributed by atoms with Gasteiger partial charge in [-0.1, -0.05) is 36.4 Å². The zero-order valence-corrected chi connectivity index (χ0v) is 14.9. The Bertz CT molecular complexity index is 971. The minimum Gasteiger partial charge on any atom is -0.508 e. The number of nitrogens with one attached hydrogen (secondary N) is 1. The predicted molar refractivity (Wildman–Crippen MR) is 105 cm³/mol. The number of ether oxygens (including phenoxy) is 2. The lowest BCUT2D eigenvalue weighted by atomic mass is 9.75. The number of benzene rings is 3. The summed E-state index contributed by atoms with van der Waals surface area (Å²) in [6.07, 6.45) is 0. The molecule has 2 unspecified atom stereocenters. The number of hydrogen-bond acceptors (Lipinski definition) is 4. The zero-order chi connectivity index (χ0) is 18.2. The molecule has 0 fully saturated rings. The van der Waals surface area contributed by atoms with Crippen molar-refractivity contribution in [3.05, 3.63) is 83.4 Å². The molecule has 2 heterocycles. The third-order valence-corrected chi connectivity index (χ3v) is 5.41. The Balaban J connectivity index is 1.66. The first kappa shape index (κ1) is 16.1. The van der Waals surface area contributed by atoms with Crippen LogP contribution in [0.1, 0.15) is 28.5 Å². The molecule has 2 atom stereocenters. The van der Waals surface area contributed by atoms with E-state index in [-0.39, 0.29) is 17.6 Å². The van der Waals surface area contributed by atoms with Crippen molar-refractivity contribution in [1.82, 2.24) is 0 Å². The van der Waals surface area contributed by atoms with E-state index < -0.39 is 0 Å². The maximum absolute atomic E-state index is 10.1. The molecular formula is C23H21NO3. The van der Waals surface area contributed by atoms with Gasteiger partial charge >= 0.3 is 0 Å². The third kappa shape index (κ3) is 2.87. The van der Waals surface area contributed by atoms with Crippen molar-refractivity contribution in [3.63, 3.8) is 0 Å². The molecule has 0 aliphatic carbocycles. The van der Waals surface area contributed by atoms with Crippen molar-refractivity contribution >= 4 is 5.69 Å². The number of fused-ring (bicyclic) bond motifs is 2. The highest BCUT2D eigenvalue weighted by Crippen LogP contribution is 2.48. The van der Waals surface area contributed by atoms with Gasteiger partial charge in [-0.15, -0.1) is 0 Å². The first-order chi connectivity index (χ1) is 13.3. The SMILES string of the molecule is Oc1ccc2c(c1)C(c1ccc3c(c1)NCCO3)C(c1ccccc1)CO2. The Labute approximate surface area is 158 Å². The van der Waals surface area contributed by atoms with Crippen LogP contribution in [-0.4, -0.2) is 24.9 Å². The molecule has 3 aromatic carbocycles. The quantitative estimate of drug-likeness (QED) is 0.707. The van der Waals surface area contributed by atoms with E-state index in [0.717, 1.165) is 29.3 Å². The second-order valence-corrected chi connectivity index (χ2v) is 7.06. The summed E-state index contributed by atoms with van der Waals surface area (Å²) in [5.74, 6) is 2.26. The van der Waals surface area contributed by atoms with Gasteiger partial charge in [-0.05, 0) is 41.5 Å². The molecule has 0 radical (unpaired) electrons. The van der Waals surface area contributed by atoms with Gasteiger partial charge in [0.05, 0.1) is 12.3 Å². The van der Waals surface area contributed by atoms with Crippen LogP contribution in [0, 0.1) is 0 Å². The molecule has 2 aliphatic heterocycles. The van der Waals surface area contributed by atoms with Crippen LogP contribution in [-0.2, 0) is 0 Å². The molecule has 0 aromatic heterocycles. The molecule has 3 aromatic rings. The molecular weight excluding hydrogens is 338 g/mol. The monoisotopic (exact) mass is 359 g/mol. The van der Waals surface area contributed by atoms with Gasteiger partial charge in [-0.25, -0.2) is 0 Å². The van der Waals surface area contributed by atoms with Crippen molar-refractivity contribution in [2.75, 3.05) is 25.1 Å². The van der Waals surface area contributed by atoms with Gasteiger partial charge in [0, 0.05) is 23.9 Å². The Morgan fingerprint density at radius 3 is 2.59 bits per heavy atom. The van der Waals surface area contributed by atoms with Crippen molar-refractivity contribution in [3.8, 4) is 17.2 Å². The fourth-order valence-electron chi connectivity index (χ4n) is 4.16. The molecule has 0 amide bonds. The van der Waals surface area contributed by atoms with Gasteiger partial charge in [-0.3, -0.25) is 0 Å². The average molecular weight is 359 g/mol. The smallest absolute Gasteiger partial charge is 0.142 e. The Morgan fingerprint density at radius 1 is 0.852 bits per heavy atom. The van der Waals surface area contributed by atoms with Gasteiger partial charge in [0.15, 0.2) is 0 Å². The first-order valence-electron chi connectivity index (χ1n) is 9.31. The third-order valence-electron chi connectivity index (χ3n) is 5.41. The molecule has 0 spiro atoms. The van der Waals surface area contributed by atoms with Gasteiger partial charge in [-0.2, -0.15) is 0 Å². The first-order valence-corrected chi connectivity index (χ1v) is 9.31. The maximum Gasteiger partial charge on any atom is 0.142 e. The Morgan fingerprint density at radius 2 is 1.70 bits per heavy atom. The number of phenols is 1. The summed E-state index contributed by atoms with van der Waals surface area (Å²) in [5, 5.41) is 13.5. The fourth-order valence-corrected chi connectivity index (χ4v) is 4.16. The number of anilines is 1. The highest BCUT2D eigenvalue weighted by molar-refractivity contribution is 5.62. The summed E-state index contributed by atoms with van der Waals surface area (Å²) in [6, 6.07) is 22.2. The lowest BCUT2D eigenvalue weighted by Gasteiger charge is -2.35. The maximum atomic E-state index is 10.1. The van der Waals surface area contributed by atoms with Gasteiger partial charge in [0.25, 0.3) is 0 Å². The molecule has 2 N–H and O–H groups in total. The van der Waals surface area contributed by atoms with Crippen LogP contribution in [0.5, 0.6) is 17.2 Å². The molecule has 136 valence electrons. The zero-order valence-electron chi connectivity index (χ0n) is 14.9. The van der Waals surface area contributed by atoms with Crippen LogP contribution in [0.15, 0.2) is 66.7 Å². The van der Waals surface area contributed by atoms with E-state index in [0.29, 0.717) is 13.2 Å². The van der Waals surface area contributed by atoms with Crippen LogP contribution in [0.2, 0.25) is 0 Å². The normalized spacial score (nSPS) is 20.4. The van der Waals surface area contributed by atoms with Gasteiger partial charge in [0.1, 0.15) is 23.9 Å². The van der Waals surface area contributed by atoms with E-state index >= 15 is 0 Å². The Hall–Kier alpha value is -3.14. The second kappa shape index (κ2) is 6.54. The van der Waals surface area contributed by atoms with Crippen LogP contribution in [0.25, 0.3) is 0 Å². The van der Waals surface area contributed by atoms with E-state index in [2.05, 4.69) is 41.7 Å². The average Bonchev–Trinajstić information content (AvgIpc) is 2.73. The summed E-state index contributed by atoms with van der Waals surface area (Å²) >= 11 is 0. The van der Waals surface area contributed by atoms with Crippen LogP contribution < -0.4 is 14.8 Å². The minimum atomic E-state index is 0.0947. The van der Waals surface area contributed by atoms with E-state index in [4.69, 9.17) is 9.47 Å². The number of aromatic hydroxyl groups is 1. The largest absolute Gasteiger partial charge is 0.508 e. The van der Waals surface area contributed by atoms with Crippen LogP contribution in [0.3, 0.4) is 0 Å². The summed E-state index contributed by atoms with van der Waals surface area (Å²) in [6.45, 7) is 2.10. The Kier molecular flexibility index (Phi) is 3.89.